The number of hydrogen-bond donors (Lipinski definition) is 1. The molecule has 0 amide bonds. The Labute approximate surface area is 103 Å². The molecule has 0 aliphatic heterocycles. The maximum atomic E-state index is 13.1. The smallest absolute Gasteiger partial charge is 0.126 e. The van der Waals surface area contributed by atoms with Gasteiger partial charge in [0.1, 0.15) is 11.6 Å². The second-order valence-corrected chi connectivity index (χ2v) is 5.51. The zero-order valence-corrected chi connectivity index (χ0v) is 10.4. The highest BCUT2D eigenvalue weighted by molar-refractivity contribution is 7.12. The zero-order valence-electron chi connectivity index (χ0n) is 9.63. The molecule has 0 fully saturated rings. The molecule has 0 aliphatic rings. The van der Waals surface area contributed by atoms with E-state index in [2.05, 4.69) is 0 Å². The SMILES string of the molecule is Cc1cc(C(N)c2cc(F)cc(F)c2)c(C)s1. The fourth-order valence-electron chi connectivity index (χ4n) is 1.89. The first-order chi connectivity index (χ1) is 7.97. The summed E-state index contributed by atoms with van der Waals surface area (Å²) in [6.07, 6.45) is 0. The first-order valence-electron chi connectivity index (χ1n) is 5.26. The van der Waals surface area contributed by atoms with Crippen LogP contribution < -0.4 is 5.73 Å². The van der Waals surface area contributed by atoms with E-state index in [-0.39, 0.29) is 0 Å². The molecule has 17 heavy (non-hydrogen) atoms. The van der Waals surface area contributed by atoms with Crippen LogP contribution in [0.2, 0.25) is 0 Å². The zero-order chi connectivity index (χ0) is 12.6. The maximum absolute atomic E-state index is 13.1. The van der Waals surface area contributed by atoms with Crippen molar-refractivity contribution in [3.05, 3.63) is 56.8 Å². The van der Waals surface area contributed by atoms with Gasteiger partial charge in [0.05, 0.1) is 6.04 Å². The average molecular weight is 253 g/mol. The van der Waals surface area contributed by atoms with E-state index in [1.54, 1.807) is 11.3 Å². The molecule has 2 rings (SSSR count). The number of benzene rings is 1. The van der Waals surface area contributed by atoms with Crippen LogP contribution in [0.1, 0.15) is 26.9 Å². The Hall–Kier alpha value is -1.26. The third kappa shape index (κ3) is 2.53. The molecular formula is C13H13F2NS. The van der Waals surface area contributed by atoms with E-state index in [1.807, 2.05) is 19.9 Å². The highest BCUT2D eigenvalue weighted by Crippen LogP contribution is 2.29. The highest BCUT2D eigenvalue weighted by Gasteiger charge is 2.15. The fourth-order valence-corrected chi connectivity index (χ4v) is 2.87. The number of aryl methyl sites for hydroxylation is 2. The van der Waals surface area contributed by atoms with Crippen molar-refractivity contribution in [1.29, 1.82) is 0 Å². The summed E-state index contributed by atoms with van der Waals surface area (Å²) in [5.74, 6) is -1.19. The molecule has 0 saturated heterocycles. The van der Waals surface area contributed by atoms with Gasteiger partial charge in [-0.1, -0.05) is 0 Å². The number of rotatable bonds is 2. The minimum atomic E-state index is -0.597. The monoisotopic (exact) mass is 253 g/mol. The minimum Gasteiger partial charge on any atom is -0.320 e. The van der Waals surface area contributed by atoms with Gasteiger partial charge in [-0.05, 0) is 43.2 Å². The van der Waals surface area contributed by atoms with Gasteiger partial charge in [0, 0.05) is 15.8 Å². The van der Waals surface area contributed by atoms with Crippen LogP contribution in [-0.4, -0.2) is 0 Å². The van der Waals surface area contributed by atoms with Crippen LogP contribution in [0.3, 0.4) is 0 Å². The van der Waals surface area contributed by atoms with Crippen molar-refractivity contribution < 1.29 is 8.78 Å². The maximum Gasteiger partial charge on any atom is 0.126 e. The summed E-state index contributed by atoms with van der Waals surface area (Å²) < 4.78 is 26.2. The van der Waals surface area contributed by atoms with E-state index in [9.17, 15) is 8.78 Å². The molecule has 2 N–H and O–H groups in total. The summed E-state index contributed by atoms with van der Waals surface area (Å²) in [6, 6.07) is 4.89. The van der Waals surface area contributed by atoms with Crippen molar-refractivity contribution in [2.24, 2.45) is 5.73 Å². The van der Waals surface area contributed by atoms with Gasteiger partial charge in [-0.25, -0.2) is 8.78 Å². The van der Waals surface area contributed by atoms with Gasteiger partial charge in [-0.3, -0.25) is 0 Å². The van der Waals surface area contributed by atoms with Crippen LogP contribution in [0, 0.1) is 25.5 Å². The van der Waals surface area contributed by atoms with Crippen molar-refractivity contribution in [3.63, 3.8) is 0 Å². The summed E-state index contributed by atoms with van der Waals surface area (Å²) in [5.41, 5.74) is 7.43. The average Bonchev–Trinajstić information content (AvgIpc) is 2.55. The van der Waals surface area contributed by atoms with E-state index in [0.29, 0.717) is 5.56 Å². The summed E-state index contributed by atoms with van der Waals surface area (Å²) in [5, 5.41) is 0. The molecule has 0 saturated carbocycles. The van der Waals surface area contributed by atoms with Gasteiger partial charge < -0.3 is 5.73 Å². The molecule has 0 bridgehead atoms. The van der Waals surface area contributed by atoms with Gasteiger partial charge in [0.2, 0.25) is 0 Å². The number of halogens is 2. The molecule has 1 unspecified atom stereocenters. The Morgan fingerprint density at radius 2 is 1.65 bits per heavy atom. The Kier molecular flexibility index (Phi) is 3.26. The van der Waals surface area contributed by atoms with Crippen LogP contribution in [0.5, 0.6) is 0 Å². The number of nitrogens with two attached hydrogens (primary N) is 1. The molecular weight excluding hydrogens is 240 g/mol. The topological polar surface area (TPSA) is 26.0 Å². The summed E-state index contributed by atoms with van der Waals surface area (Å²) in [4.78, 5) is 2.23. The van der Waals surface area contributed by atoms with E-state index < -0.39 is 17.7 Å². The largest absolute Gasteiger partial charge is 0.320 e. The second kappa shape index (κ2) is 4.55. The van der Waals surface area contributed by atoms with Crippen molar-refractivity contribution in [2.45, 2.75) is 19.9 Å². The molecule has 0 radical (unpaired) electrons. The third-order valence-electron chi connectivity index (χ3n) is 2.66. The lowest BCUT2D eigenvalue weighted by Gasteiger charge is -2.12. The summed E-state index contributed by atoms with van der Waals surface area (Å²) >= 11 is 1.63. The molecule has 1 aromatic heterocycles. The lowest BCUT2D eigenvalue weighted by atomic mass is 10.00. The van der Waals surface area contributed by atoms with Crippen LogP contribution >= 0.6 is 11.3 Å². The van der Waals surface area contributed by atoms with Gasteiger partial charge in [-0.2, -0.15) is 0 Å². The molecule has 2 aromatic rings. The number of hydrogen-bond acceptors (Lipinski definition) is 2. The van der Waals surface area contributed by atoms with Crippen molar-refractivity contribution in [2.75, 3.05) is 0 Å². The van der Waals surface area contributed by atoms with E-state index in [0.717, 1.165) is 21.4 Å². The van der Waals surface area contributed by atoms with Crippen molar-refractivity contribution >= 4 is 11.3 Å². The molecule has 1 nitrogen and oxygen atoms in total. The van der Waals surface area contributed by atoms with Crippen LogP contribution in [0.15, 0.2) is 24.3 Å². The number of thiophene rings is 1. The Morgan fingerprint density at radius 3 is 2.12 bits per heavy atom. The van der Waals surface area contributed by atoms with E-state index >= 15 is 0 Å². The predicted molar refractivity (Wildman–Crippen MR) is 66.2 cm³/mol. The van der Waals surface area contributed by atoms with Gasteiger partial charge in [-0.15, -0.1) is 11.3 Å². The molecule has 0 spiro atoms. The summed E-state index contributed by atoms with van der Waals surface area (Å²) in [7, 11) is 0. The van der Waals surface area contributed by atoms with Crippen molar-refractivity contribution in [1.82, 2.24) is 0 Å². The fraction of sp³-hybridized carbons (Fsp3) is 0.231. The second-order valence-electron chi connectivity index (χ2n) is 4.05. The minimum absolute atomic E-state index is 0.461. The molecule has 0 aliphatic carbocycles. The first kappa shape index (κ1) is 12.2. The molecule has 1 heterocycles. The lowest BCUT2D eigenvalue weighted by Crippen LogP contribution is -2.12. The van der Waals surface area contributed by atoms with Gasteiger partial charge >= 0.3 is 0 Å². The van der Waals surface area contributed by atoms with Crippen LogP contribution in [0.4, 0.5) is 8.78 Å². The van der Waals surface area contributed by atoms with Crippen LogP contribution in [-0.2, 0) is 0 Å². The van der Waals surface area contributed by atoms with Crippen LogP contribution in [0.25, 0.3) is 0 Å². The molecule has 1 aromatic carbocycles. The van der Waals surface area contributed by atoms with Gasteiger partial charge in [0.15, 0.2) is 0 Å². The first-order valence-corrected chi connectivity index (χ1v) is 6.07. The predicted octanol–water partition coefficient (Wildman–Crippen LogP) is 3.69. The normalized spacial score (nSPS) is 12.8. The Balaban J connectivity index is 2.43. The van der Waals surface area contributed by atoms with E-state index in [4.69, 9.17) is 5.73 Å². The highest BCUT2D eigenvalue weighted by atomic mass is 32.1. The Bertz CT molecular complexity index is 528. The van der Waals surface area contributed by atoms with Gasteiger partial charge in [0.25, 0.3) is 0 Å². The van der Waals surface area contributed by atoms with E-state index in [1.165, 1.54) is 12.1 Å². The Morgan fingerprint density at radius 1 is 1.06 bits per heavy atom. The summed E-state index contributed by atoms with van der Waals surface area (Å²) in [6.45, 7) is 3.95. The van der Waals surface area contributed by atoms with Crippen molar-refractivity contribution in [3.8, 4) is 0 Å². The molecule has 4 heteroatoms. The molecule has 90 valence electrons. The standard InChI is InChI=1S/C13H13F2NS/c1-7-3-12(8(2)17-7)13(16)9-4-10(14)6-11(15)5-9/h3-6,13H,16H2,1-2H3. The third-order valence-corrected chi connectivity index (χ3v) is 3.64. The quantitative estimate of drug-likeness (QED) is 0.867. The molecule has 1 atom stereocenters. The lowest BCUT2D eigenvalue weighted by molar-refractivity contribution is 0.577.